The second-order valence-electron chi connectivity index (χ2n) is 6.32. The Labute approximate surface area is 153 Å². The summed E-state index contributed by atoms with van der Waals surface area (Å²) in [6, 6.07) is 6.97. The van der Waals surface area contributed by atoms with E-state index in [2.05, 4.69) is 10.6 Å². The van der Waals surface area contributed by atoms with Gasteiger partial charge in [0.05, 0.1) is 18.7 Å². The van der Waals surface area contributed by atoms with E-state index < -0.39 is 30.2 Å². The smallest absolute Gasteiger partial charge is 0.407 e. The number of rotatable bonds is 8. The van der Waals surface area contributed by atoms with E-state index in [1.165, 1.54) is 0 Å². The van der Waals surface area contributed by atoms with E-state index in [0.29, 0.717) is 18.0 Å². The van der Waals surface area contributed by atoms with Gasteiger partial charge in [0.25, 0.3) is 5.91 Å². The first kappa shape index (κ1) is 21.3. The number of para-hydroxylation sites is 2. The van der Waals surface area contributed by atoms with Gasteiger partial charge in [-0.25, -0.2) is 4.79 Å². The van der Waals surface area contributed by atoms with Gasteiger partial charge in [-0.3, -0.25) is 9.59 Å². The highest BCUT2D eigenvalue weighted by Gasteiger charge is 2.16. The van der Waals surface area contributed by atoms with Crippen LogP contribution in [0.4, 0.5) is 10.5 Å². The van der Waals surface area contributed by atoms with Crippen LogP contribution >= 0.6 is 0 Å². The molecular formula is C18H26N2O6. The zero-order chi connectivity index (χ0) is 19.6. The number of alkyl carbamates (subject to hydrolysis) is 1. The summed E-state index contributed by atoms with van der Waals surface area (Å²) in [5.41, 5.74) is -0.109. The summed E-state index contributed by atoms with van der Waals surface area (Å²) in [4.78, 5) is 34.9. The average Bonchev–Trinajstić information content (AvgIpc) is 2.53. The van der Waals surface area contributed by atoms with Crippen molar-refractivity contribution in [1.82, 2.24) is 5.32 Å². The normalized spacial score (nSPS) is 10.6. The first-order valence-electron chi connectivity index (χ1n) is 8.35. The monoisotopic (exact) mass is 366 g/mol. The minimum Gasteiger partial charge on any atom is -0.492 e. The summed E-state index contributed by atoms with van der Waals surface area (Å²) in [5.74, 6) is -0.545. The van der Waals surface area contributed by atoms with Crippen LogP contribution in [0, 0.1) is 0 Å². The van der Waals surface area contributed by atoms with Gasteiger partial charge in [-0.2, -0.15) is 0 Å². The van der Waals surface area contributed by atoms with Gasteiger partial charge in [0.15, 0.2) is 6.61 Å². The van der Waals surface area contributed by atoms with E-state index in [1.54, 1.807) is 45.0 Å². The summed E-state index contributed by atoms with van der Waals surface area (Å²) in [5, 5.41) is 5.06. The van der Waals surface area contributed by atoms with Crippen molar-refractivity contribution < 1.29 is 28.6 Å². The molecule has 2 N–H and O–H groups in total. The molecule has 0 spiro atoms. The Morgan fingerprint density at radius 3 is 2.46 bits per heavy atom. The van der Waals surface area contributed by atoms with Crippen LogP contribution in [0.2, 0.25) is 0 Å². The zero-order valence-electron chi connectivity index (χ0n) is 15.6. The molecule has 0 saturated carbocycles. The molecule has 0 aliphatic rings. The molecule has 0 saturated heterocycles. The maximum Gasteiger partial charge on any atom is 0.407 e. The molecule has 0 aliphatic heterocycles. The third-order valence-corrected chi connectivity index (χ3v) is 2.82. The Morgan fingerprint density at radius 2 is 1.81 bits per heavy atom. The molecule has 0 radical (unpaired) electrons. The summed E-state index contributed by atoms with van der Waals surface area (Å²) in [6.07, 6.45) is -0.683. The molecule has 0 unspecified atom stereocenters. The molecule has 1 rings (SSSR count). The van der Waals surface area contributed by atoms with Crippen LogP contribution in [0.3, 0.4) is 0 Å². The molecule has 0 aliphatic carbocycles. The van der Waals surface area contributed by atoms with E-state index in [1.807, 2.05) is 6.92 Å². The largest absolute Gasteiger partial charge is 0.492 e. The van der Waals surface area contributed by atoms with Gasteiger partial charge in [-0.15, -0.1) is 0 Å². The molecule has 0 fully saturated rings. The topological polar surface area (TPSA) is 103 Å². The first-order chi connectivity index (χ1) is 12.2. The quantitative estimate of drug-likeness (QED) is 0.685. The number of hydrogen-bond acceptors (Lipinski definition) is 6. The molecule has 0 heterocycles. The minimum absolute atomic E-state index is 0.0581. The lowest BCUT2D eigenvalue weighted by Gasteiger charge is -2.19. The van der Waals surface area contributed by atoms with Crippen molar-refractivity contribution in [2.24, 2.45) is 0 Å². The Balaban J connectivity index is 2.30. The lowest BCUT2D eigenvalue weighted by molar-refractivity contribution is -0.147. The average molecular weight is 366 g/mol. The van der Waals surface area contributed by atoms with Crippen molar-refractivity contribution >= 4 is 23.7 Å². The number of esters is 1. The zero-order valence-corrected chi connectivity index (χ0v) is 15.6. The molecule has 8 nitrogen and oxygen atoms in total. The molecule has 144 valence electrons. The van der Waals surface area contributed by atoms with Crippen molar-refractivity contribution in [2.45, 2.75) is 39.7 Å². The van der Waals surface area contributed by atoms with Crippen LogP contribution in [0.25, 0.3) is 0 Å². The summed E-state index contributed by atoms with van der Waals surface area (Å²) < 4.78 is 15.3. The molecule has 1 aromatic rings. The van der Waals surface area contributed by atoms with Gasteiger partial charge < -0.3 is 24.8 Å². The Hall–Kier alpha value is -2.77. The molecule has 8 heteroatoms. The molecule has 26 heavy (non-hydrogen) atoms. The van der Waals surface area contributed by atoms with Crippen molar-refractivity contribution in [2.75, 3.05) is 25.1 Å². The fraction of sp³-hybridized carbons (Fsp3) is 0.500. The molecular weight excluding hydrogens is 340 g/mol. The van der Waals surface area contributed by atoms with Crippen LogP contribution < -0.4 is 15.4 Å². The Morgan fingerprint density at radius 1 is 1.12 bits per heavy atom. The van der Waals surface area contributed by atoms with Gasteiger partial charge in [-0.1, -0.05) is 12.1 Å². The van der Waals surface area contributed by atoms with Crippen molar-refractivity contribution in [3.8, 4) is 5.75 Å². The maximum atomic E-state index is 11.9. The summed E-state index contributed by atoms with van der Waals surface area (Å²) in [7, 11) is 0. The number of ether oxygens (including phenoxy) is 3. The van der Waals surface area contributed by atoms with E-state index in [-0.39, 0.29) is 13.0 Å². The SMILES string of the molecule is CCOc1ccccc1NC(=O)COC(=O)CCNC(=O)OC(C)(C)C. The van der Waals surface area contributed by atoms with Crippen molar-refractivity contribution in [1.29, 1.82) is 0 Å². The second kappa shape index (κ2) is 10.3. The lowest BCUT2D eigenvalue weighted by Crippen LogP contribution is -2.34. The fourth-order valence-electron chi connectivity index (χ4n) is 1.84. The van der Waals surface area contributed by atoms with Crippen molar-refractivity contribution in [3.05, 3.63) is 24.3 Å². The van der Waals surface area contributed by atoms with Gasteiger partial charge in [-0.05, 0) is 39.8 Å². The van der Waals surface area contributed by atoms with Crippen LogP contribution in [0.1, 0.15) is 34.1 Å². The minimum atomic E-state index is -0.615. The van der Waals surface area contributed by atoms with Gasteiger partial charge >= 0.3 is 12.1 Å². The van der Waals surface area contributed by atoms with E-state index >= 15 is 0 Å². The van der Waals surface area contributed by atoms with Gasteiger partial charge in [0.2, 0.25) is 0 Å². The van der Waals surface area contributed by atoms with Gasteiger partial charge in [0.1, 0.15) is 11.4 Å². The number of anilines is 1. The molecule has 2 amide bonds. The standard InChI is InChI=1S/C18H26N2O6/c1-5-24-14-9-7-6-8-13(14)20-15(21)12-25-16(22)10-11-19-17(23)26-18(2,3)4/h6-9H,5,10-12H2,1-4H3,(H,19,23)(H,20,21). The third-order valence-electron chi connectivity index (χ3n) is 2.82. The highest BCUT2D eigenvalue weighted by molar-refractivity contribution is 5.94. The molecule has 0 aromatic heterocycles. The first-order valence-corrected chi connectivity index (χ1v) is 8.35. The van der Waals surface area contributed by atoms with E-state index in [0.717, 1.165) is 0 Å². The lowest BCUT2D eigenvalue weighted by atomic mass is 10.2. The summed E-state index contributed by atoms with van der Waals surface area (Å²) in [6.45, 7) is 7.15. The predicted molar refractivity (Wildman–Crippen MR) is 96.1 cm³/mol. The van der Waals surface area contributed by atoms with Crippen LogP contribution in [0.15, 0.2) is 24.3 Å². The van der Waals surface area contributed by atoms with Gasteiger partial charge in [0, 0.05) is 6.54 Å². The predicted octanol–water partition coefficient (Wildman–Crippen LogP) is 2.48. The van der Waals surface area contributed by atoms with Crippen LogP contribution in [0.5, 0.6) is 5.75 Å². The number of carbonyl (C=O) groups excluding carboxylic acids is 3. The molecule has 0 atom stereocenters. The van der Waals surface area contributed by atoms with Crippen molar-refractivity contribution in [3.63, 3.8) is 0 Å². The number of carbonyl (C=O) groups is 3. The van der Waals surface area contributed by atoms with E-state index in [9.17, 15) is 14.4 Å². The second-order valence-corrected chi connectivity index (χ2v) is 6.32. The Bertz CT molecular complexity index is 624. The number of amides is 2. The molecule has 0 bridgehead atoms. The van der Waals surface area contributed by atoms with Crippen LogP contribution in [-0.2, 0) is 19.1 Å². The van der Waals surface area contributed by atoms with Crippen LogP contribution in [-0.4, -0.2) is 43.3 Å². The Kier molecular flexibility index (Phi) is 8.41. The van der Waals surface area contributed by atoms with E-state index in [4.69, 9.17) is 14.2 Å². The fourth-order valence-corrected chi connectivity index (χ4v) is 1.84. The summed E-state index contributed by atoms with van der Waals surface area (Å²) >= 11 is 0. The number of hydrogen-bond donors (Lipinski definition) is 2. The number of benzene rings is 1. The molecule has 1 aromatic carbocycles. The maximum absolute atomic E-state index is 11.9. The number of nitrogens with one attached hydrogen (secondary N) is 2. The third kappa shape index (κ3) is 8.91. The highest BCUT2D eigenvalue weighted by Crippen LogP contribution is 2.23. The highest BCUT2D eigenvalue weighted by atomic mass is 16.6.